The average molecular weight is 138 g/mol. The van der Waals surface area contributed by atoms with Crippen molar-refractivity contribution in [2.45, 2.75) is 38.5 Å². The minimum atomic E-state index is 0. The van der Waals surface area contributed by atoms with Crippen molar-refractivity contribution in [3.8, 4) is 0 Å². The molecule has 1 aliphatic carbocycles. The van der Waals surface area contributed by atoms with Gasteiger partial charge in [0.05, 0.1) is 0 Å². The van der Waals surface area contributed by atoms with Crippen LogP contribution < -0.4 is 34.7 Å². The van der Waals surface area contributed by atoms with Crippen molar-refractivity contribution < 1.29 is 34.7 Å². The Bertz CT molecular complexity index is 24.4. The minimum absolute atomic E-state index is 0. The van der Waals surface area contributed by atoms with Crippen LogP contribution in [0, 0.1) is 0 Å². The van der Waals surface area contributed by atoms with Gasteiger partial charge in [0.15, 0.2) is 0 Å². The molecule has 1 nitrogen and oxygen atoms in total. The first-order valence-electron chi connectivity index (χ1n) is 3.41. The molecule has 50 valence electrons. The minimum Gasteiger partial charge on any atom is -0.857 e. The average Bonchev–Trinajstić information content (AvgIpc) is 1.96. The van der Waals surface area contributed by atoms with E-state index in [9.17, 15) is 0 Å². The Morgan fingerprint density at radius 1 is 0.667 bits per heavy atom. The van der Waals surface area contributed by atoms with Crippen molar-refractivity contribution in [2.24, 2.45) is 0 Å². The van der Waals surface area contributed by atoms with Crippen LogP contribution in [0.15, 0.2) is 0 Å². The molecule has 0 spiro atoms. The van der Waals surface area contributed by atoms with E-state index < -0.39 is 0 Å². The SMILES string of the molecule is C1CCCCC1.C[O-].[Na+]. The van der Waals surface area contributed by atoms with Gasteiger partial charge in [0.1, 0.15) is 0 Å². The third-order valence-corrected chi connectivity index (χ3v) is 1.50. The van der Waals surface area contributed by atoms with Crippen molar-refractivity contribution >= 4 is 0 Å². The molecule has 9 heavy (non-hydrogen) atoms. The van der Waals surface area contributed by atoms with Gasteiger partial charge in [0.2, 0.25) is 0 Å². The first-order valence-corrected chi connectivity index (χ1v) is 3.41. The van der Waals surface area contributed by atoms with Gasteiger partial charge in [-0.05, 0) is 0 Å². The van der Waals surface area contributed by atoms with Crippen LogP contribution in [0.5, 0.6) is 0 Å². The summed E-state index contributed by atoms with van der Waals surface area (Å²) in [6.45, 7) is 0. The maximum absolute atomic E-state index is 8.25. The van der Waals surface area contributed by atoms with Crippen LogP contribution in [0.25, 0.3) is 0 Å². The molecular formula is C7H15NaO. The van der Waals surface area contributed by atoms with Crippen LogP contribution in [-0.4, -0.2) is 7.11 Å². The molecule has 1 saturated carbocycles. The molecular weight excluding hydrogens is 123 g/mol. The normalized spacial score (nSPS) is 16.7. The Hall–Kier alpha value is 0.960. The molecule has 1 aliphatic rings. The summed E-state index contributed by atoms with van der Waals surface area (Å²) in [6.07, 6.45) is 9.00. The predicted molar refractivity (Wildman–Crippen MR) is 33.6 cm³/mol. The van der Waals surface area contributed by atoms with Crippen LogP contribution >= 0.6 is 0 Å². The number of hydrogen-bond acceptors (Lipinski definition) is 1. The molecule has 0 heterocycles. The van der Waals surface area contributed by atoms with Crippen molar-refractivity contribution in [1.82, 2.24) is 0 Å². The molecule has 0 aliphatic heterocycles. The summed E-state index contributed by atoms with van der Waals surface area (Å²) in [5, 5.41) is 8.25. The monoisotopic (exact) mass is 138 g/mol. The van der Waals surface area contributed by atoms with Crippen molar-refractivity contribution in [3.05, 3.63) is 0 Å². The molecule has 1 rings (SSSR count). The Morgan fingerprint density at radius 3 is 0.889 bits per heavy atom. The largest absolute Gasteiger partial charge is 1.00 e. The topological polar surface area (TPSA) is 23.1 Å². The van der Waals surface area contributed by atoms with E-state index >= 15 is 0 Å². The molecule has 0 unspecified atom stereocenters. The van der Waals surface area contributed by atoms with E-state index in [1.54, 1.807) is 0 Å². The summed E-state index contributed by atoms with van der Waals surface area (Å²) in [6, 6.07) is 0. The fraction of sp³-hybridized carbons (Fsp3) is 1.00. The van der Waals surface area contributed by atoms with Crippen molar-refractivity contribution in [3.63, 3.8) is 0 Å². The molecule has 0 aromatic rings. The fourth-order valence-corrected chi connectivity index (χ4v) is 1.06. The van der Waals surface area contributed by atoms with E-state index in [0.29, 0.717) is 0 Å². The van der Waals surface area contributed by atoms with Gasteiger partial charge < -0.3 is 5.11 Å². The molecule has 0 saturated heterocycles. The van der Waals surface area contributed by atoms with Gasteiger partial charge in [0.25, 0.3) is 0 Å². The summed E-state index contributed by atoms with van der Waals surface area (Å²) < 4.78 is 0. The third kappa shape index (κ3) is 8.96. The molecule has 0 amide bonds. The Kier molecular flexibility index (Phi) is 16.4. The van der Waals surface area contributed by atoms with Crippen molar-refractivity contribution in [2.75, 3.05) is 7.11 Å². The molecule has 0 aromatic heterocycles. The molecule has 0 aromatic carbocycles. The van der Waals surface area contributed by atoms with Gasteiger partial charge >= 0.3 is 29.6 Å². The van der Waals surface area contributed by atoms with Gasteiger partial charge in [-0.15, -0.1) is 0 Å². The van der Waals surface area contributed by atoms with Gasteiger partial charge in [-0.2, -0.15) is 7.11 Å². The van der Waals surface area contributed by atoms with E-state index in [2.05, 4.69) is 0 Å². The summed E-state index contributed by atoms with van der Waals surface area (Å²) in [5.41, 5.74) is 0. The van der Waals surface area contributed by atoms with E-state index in [0.717, 1.165) is 7.11 Å². The summed E-state index contributed by atoms with van der Waals surface area (Å²) in [4.78, 5) is 0. The molecule has 2 heteroatoms. The van der Waals surface area contributed by atoms with Crippen LogP contribution in [0.4, 0.5) is 0 Å². The summed E-state index contributed by atoms with van der Waals surface area (Å²) in [5.74, 6) is 0. The van der Waals surface area contributed by atoms with E-state index in [4.69, 9.17) is 5.11 Å². The second kappa shape index (κ2) is 11.7. The molecule has 0 atom stereocenters. The van der Waals surface area contributed by atoms with Gasteiger partial charge in [-0.1, -0.05) is 38.5 Å². The van der Waals surface area contributed by atoms with Crippen LogP contribution in [-0.2, 0) is 0 Å². The Balaban J connectivity index is 0. The third-order valence-electron chi connectivity index (χ3n) is 1.50. The van der Waals surface area contributed by atoms with Gasteiger partial charge in [-0.25, -0.2) is 0 Å². The number of hydrogen-bond donors (Lipinski definition) is 0. The standard InChI is InChI=1S/C6H12.CH3O.Na/c1-2-4-6-5-3-1;1-2;/h1-6H2;1H3;/q;-1;+1. The van der Waals surface area contributed by atoms with Gasteiger partial charge in [0, 0.05) is 0 Å². The zero-order valence-electron chi connectivity index (χ0n) is 6.65. The van der Waals surface area contributed by atoms with E-state index in [-0.39, 0.29) is 29.6 Å². The van der Waals surface area contributed by atoms with E-state index in [1.807, 2.05) is 0 Å². The van der Waals surface area contributed by atoms with Crippen molar-refractivity contribution in [1.29, 1.82) is 0 Å². The van der Waals surface area contributed by atoms with E-state index in [1.165, 1.54) is 38.5 Å². The first-order chi connectivity index (χ1) is 4.00. The smallest absolute Gasteiger partial charge is 0.857 e. The fourth-order valence-electron chi connectivity index (χ4n) is 1.06. The molecule has 0 N–H and O–H groups in total. The Morgan fingerprint density at radius 2 is 0.778 bits per heavy atom. The Labute approximate surface area is 80.1 Å². The number of rotatable bonds is 0. The second-order valence-electron chi connectivity index (χ2n) is 2.12. The maximum Gasteiger partial charge on any atom is 1.00 e. The predicted octanol–water partition coefficient (Wildman–Crippen LogP) is -1.68. The maximum atomic E-state index is 8.25. The zero-order valence-corrected chi connectivity index (χ0v) is 8.65. The van der Waals surface area contributed by atoms with Gasteiger partial charge in [-0.3, -0.25) is 0 Å². The molecule has 0 bridgehead atoms. The van der Waals surface area contributed by atoms with Crippen LogP contribution in [0.1, 0.15) is 38.5 Å². The zero-order chi connectivity index (χ0) is 6.24. The second-order valence-corrected chi connectivity index (χ2v) is 2.12. The van der Waals surface area contributed by atoms with Crippen LogP contribution in [0.3, 0.4) is 0 Å². The summed E-state index contributed by atoms with van der Waals surface area (Å²) >= 11 is 0. The van der Waals surface area contributed by atoms with Crippen LogP contribution in [0.2, 0.25) is 0 Å². The molecule has 1 fully saturated rings. The quantitative estimate of drug-likeness (QED) is 0.367. The summed E-state index contributed by atoms with van der Waals surface area (Å²) in [7, 11) is 0.750. The molecule has 0 radical (unpaired) electrons. The first kappa shape index (κ1) is 12.6.